The highest BCUT2D eigenvalue weighted by Gasteiger charge is 2.14. The van der Waals surface area contributed by atoms with Crippen LogP contribution in [0.1, 0.15) is 10.4 Å². The van der Waals surface area contributed by atoms with E-state index >= 15 is 0 Å². The monoisotopic (exact) mass is 357 g/mol. The lowest BCUT2D eigenvalue weighted by atomic mass is 10.2. The Morgan fingerprint density at radius 2 is 2.04 bits per heavy atom. The van der Waals surface area contributed by atoms with Crippen LogP contribution in [0.4, 0.5) is 11.5 Å². The highest BCUT2D eigenvalue weighted by Crippen LogP contribution is 2.39. The summed E-state index contributed by atoms with van der Waals surface area (Å²) in [4.78, 5) is 13.4. The van der Waals surface area contributed by atoms with E-state index in [1.54, 1.807) is 29.5 Å². The minimum atomic E-state index is -0.0560. The van der Waals surface area contributed by atoms with Crippen molar-refractivity contribution in [3.8, 4) is 5.88 Å². The van der Waals surface area contributed by atoms with Gasteiger partial charge in [-0.2, -0.15) is 0 Å². The van der Waals surface area contributed by atoms with Crippen molar-refractivity contribution in [3.05, 3.63) is 40.0 Å². The van der Waals surface area contributed by atoms with E-state index < -0.39 is 0 Å². The molecular formula is C16H12ClN5OS. The summed E-state index contributed by atoms with van der Waals surface area (Å²) in [6.07, 6.45) is 1.47. The number of aromatic hydroxyl groups is 1. The highest BCUT2D eigenvalue weighted by atomic mass is 35.5. The number of hydrogen-bond acceptors (Lipinski definition) is 6. The van der Waals surface area contributed by atoms with Gasteiger partial charge >= 0.3 is 0 Å². The molecule has 24 heavy (non-hydrogen) atoms. The van der Waals surface area contributed by atoms with Gasteiger partial charge in [0.05, 0.1) is 10.9 Å². The van der Waals surface area contributed by atoms with Crippen LogP contribution in [-0.2, 0) is 0 Å². The second kappa shape index (κ2) is 5.54. The van der Waals surface area contributed by atoms with Crippen molar-refractivity contribution in [1.29, 1.82) is 0 Å². The van der Waals surface area contributed by atoms with Crippen LogP contribution in [0.15, 0.2) is 34.8 Å². The van der Waals surface area contributed by atoms with Crippen LogP contribution in [-0.4, -0.2) is 20.1 Å². The van der Waals surface area contributed by atoms with Crippen LogP contribution in [0.25, 0.3) is 21.1 Å². The number of aromatic nitrogens is 3. The van der Waals surface area contributed by atoms with Crippen LogP contribution in [0.5, 0.6) is 5.88 Å². The lowest BCUT2D eigenvalue weighted by Crippen LogP contribution is -1.80. The van der Waals surface area contributed by atoms with Gasteiger partial charge in [0, 0.05) is 15.3 Å². The van der Waals surface area contributed by atoms with E-state index in [-0.39, 0.29) is 5.88 Å². The SMILES string of the molecule is Cc1sc2ncnc(N=Nc3c(O)[nH]c4ccc(Cl)cc34)c2c1C. The van der Waals surface area contributed by atoms with Crippen molar-refractivity contribution in [2.24, 2.45) is 10.2 Å². The van der Waals surface area contributed by atoms with E-state index in [4.69, 9.17) is 11.6 Å². The molecule has 8 heteroatoms. The molecule has 1 aromatic carbocycles. The number of fused-ring (bicyclic) bond motifs is 2. The zero-order valence-electron chi connectivity index (χ0n) is 12.8. The number of aryl methyl sites for hydroxylation is 2. The Morgan fingerprint density at radius 1 is 1.21 bits per heavy atom. The first-order valence-electron chi connectivity index (χ1n) is 7.17. The number of halogens is 1. The number of H-pyrrole nitrogens is 1. The molecule has 4 aromatic rings. The number of nitrogens with one attached hydrogen (secondary N) is 1. The fraction of sp³-hybridized carbons (Fsp3) is 0.125. The topological polar surface area (TPSA) is 86.5 Å². The van der Waals surface area contributed by atoms with Crippen molar-refractivity contribution in [2.45, 2.75) is 13.8 Å². The third-order valence-corrected chi connectivity index (χ3v) is 5.25. The first kappa shape index (κ1) is 15.0. The molecule has 0 saturated carbocycles. The molecule has 0 saturated heterocycles. The molecule has 2 N–H and O–H groups in total. The Kier molecular flexibility index (Phi) is 3.47. The number of rotatable bonds is 2. The van der Waals surface area contributed by atoms with Crippen LogP contribution in [0.2, 0.25) is 5.02 Å². The summed E-state index contributed by atoms with van der Waals surface area (Å²) < 4.78 is 0. The van der Waals surface area contributed by atoms with Gasteiger partial charge in [-0.1, -0.05) is 11.6 Å². The second-order valence-electron chi connectivity index (χ2n) is 5.37. The maximum atomic E-state index is 10.1. The third kappa shape index (κ3) is 2.33. The summed E-state index contributed by atoms with van der Waals surface area (Å²) in [5.74, 6) is 0.428. The number of thiophene rings is 1. The summed E-state index contributed by atoms with van der Waals surface area (Å²) in [6, 6.07) is 5.26. The fourth-order valence-corrected chi connectivity index (χ4v) is 3.74. The van der Waals surface area contributed by atoms with Gasteiger partial charge in [-0.15, -0.1) is 21.6 Å². The third-order valence-electron chi connectivity index (χ3n) is 3.90. The summed E-state index contributed by atoms with van der Waals surface area (Å²) in [6.45, 7) is 4.05. The first-order chi connectivity index (χ1) is 11.5. The molecule has 3 aromatic heterocycles. The molecule has 0 aliphatic carbocycles. The molecule has 0 unspecified atom stereocenters. The molecule has 3 heterocycles. The molecule has 0 spiro atoms. The minimum absolute atomic E-state index is 0.0560. The van der Waals surface area contributed by atoms with Gasteiger partial charge < -0.3 is 10.1 Å². The molecule has 4 rings (SSSR count). The fourth-order valence-electron chi connectivity index (χ4n) is 2.57. The lowest BCUT2D eigenvalue weighted by molar-refractivity contribution is 0.459. The highest BCUT2D eigenvalue weighted by molar-refractivity contribution is 7.18. The van der Waals surface area contributed by atoms with Crippen molar-refractivity contribution in [2.75, 3.05) is 0 Å². The summed E-state index contributed by atoms with van der Waals surface area (Å²) in [5, 5.41) is 20.7. The van der Waals surface area contributed by atoms with Crippen LogP contribution < -0.4 is 0 Å². The molecule has 0 fully saturated rings. The summed E-state index contributed by atoms with van der Waals surface area (Å²) in [7, 11) is 0. The Hall–Kier alpha value is -2.51. The molecule has 6 nitrogen and oxygen atoms in total. The lowest BCUT2D eigenvalue weighted by Gasteiger charge is -1.97. The molecule has 0 radical (unpaired) electrons. The smallest absolute Gasteiger partial charge is 0.218 e. The molecule has 0 aliphatic rings. The van der Waals surface area contributed by atoms with E-state index in [2.05, 4.69) is 25.2 Å². The van der Waals surface area contributed by atoms with Crippen molar-refractivity contribution in [3.63, 3.8) is 0 Å². The van der Waals surface area contributed by atoms with Gasteiger partial charge in [-0.3, -0.25) is 0 Å². The summed E-state index contributed by atoms with van der Waals surface area (Å²) in [5.41, 5.74) is 2.17. The standard InChI is InChI=1S/C16H12ClN5OS/c1-7-8(2)24-16-12(7)14(18-6-19-16)22-21-13-10-5-9(17)3-4-11(10)20-15(13)23/h3-6,20,23H,1-2H3. The van der Waals surface area contributed by atoms with Gasteiger partial charge in [0.1, 0.15) is 11.2 Å². The van der Waals surface area contributed by atoms with Gasteiger partial charge in [0.2, 0.25) is 5.88 Å². The zero-order chi connectivity index (χ0) is 16.8. The average Bonchev–Trinajstić information content (AvgIpc) is 3.02. The normalized spacial score (nSPS) is 12.0. The number of benzene rings is 1. The first-order valence-corrected chi connectivity index (χ1v) is 8.36. The van der Waals surface area contributed by atoms with E-state index in [0.717, 1.165) is 21.3 Å². The molecule has 120 valence electrons. The van der Waals surface area contributed by atoms with Gasteiger partial charge in [0.25, 0.3) is 0 Å². The van der Waals surface area contributed by atoms with E-state index in [1.165, 1.54) is 11.2 Å². The minimum Gasteiger partial charge on any atom is -0.493 e. The van der Waals surface area contributed by atoms with Crippen molar-refractivity contribution in [1.82, 2.24) is 15.0 Å². The molecule has 0 amide bonds. The zero-order valence-corrected chi connectivity index (χ0v) is 14.4. The van der Waals surface area contributed by atoms with E-state index in [1.807, 2.05) is 13.8 Å². The number of hydrogen-bond donors (Lipinski definition) is 2. The van der Waals surface area contributed by atoms with Crippen LogP contribution in [0, 0.1) is 13.8 Å². The molecule has 0 aliphatic heterocycles. The van der Waals surface area contributed by atoms with E-state index in [9.17, 15) is 5.11 Å². The predicted octanol–water partition coefficient (Wildman–Crippen LogP) is 5.56. The second-order valence-corrected chi connectivity index (χ2v) is 7.01. The Bertz CT molecular complexity index is 1110. The van der Waals surface area contributed by atoms with Gasteiger partial charge in [-0.05, 0) is 37.6 Å². The number of aromatic amines is 1. The van der Waals surface area contributed by atoms with Gasteiger partial charge in [0.15, 0.2) is 11.5 Å². The summed E-state index contributed by atoms with van der Waals surface area (Å²) >= 11 is 7.63. The van der Waals surface area contributed by atoms with Crippen LogP contribution >= 0.6 is 22.9 Å². The average molecular weight is 358 g/mol. The molecule has 0 bridgehead atoms. The predicted molar refractivity (Wildman–Crippen MR) is 96.0 cm³/mol. The van der Waals surface area contributed by atoms with Crippen molar-refractivity contribution >= 4 is 55.6 Å². The van der Waals surface area contributed by atoms with E-state index in [0.29, 0.717) is 21.9 Å². The maximum absolute atomic E-state index is 10.1. The molecular weight excluding hydrogens is 346 g/mol. The number of azo groups is 1. The van der Waals surface area contributed by atoms with Gasteiger partial charge in [-0.25, -0.2) is 9.97 Å². The quantitative estimate of drug-likeness (QED) is 0.460. The molecule has 0 atom stereocenters. The maximum Gasteiger partial charge on any atom is 0.218 e. The largest absolute Gasteiger partial charge is 0.493 e. The van der Waals surface area contributed by atoms with Crippen LogP contribution in [0.3, 0.4) is 0 Å². The Labute approximate surface area is 145 Å². The number of nitrogens with zero attached hydrogens (tertiary/aromatic N) is 4. The Morgan fingerprint density at radius 3 is 2.88 bits per heavy atom. The Balaban J connectivity index is 1.87. The van der Waals surface area contributed by atoms with Crippen molar-refractivity contribution < 1.29 is 5.11 Å².